The minimum absolute atomic E-state index is 0.00359. The summed E-state index contributed by atoms with van der Waals surface area (Å²) in [4.78, 5) is 26.3. The molecule has 0 bridgehead atoms. The summed E-state index contributed by atoms with van der Waals surface area (Å²) in [6, 6.07) is 7.63. The van der Waals surface area contributed by atoms with Crippen LogP contribution in [0.3, 0.4) is 0 Å². The van der Waals surface area contributed by atoms with Crippen molar-refractivity contribution in [1.29, 1.82) is 0 Å². The van der Waals surface area contributed by atoms with Gasteiger partial charge in [0.15, 0.2) is 11.5 Å². The Labute approximate surface area is 153 Å². The van der Waals surface area contributed by atoms with Gasteiger partial charge in [-0.3, -0.25) is 14.5 Å². The smallest absolute Gasteiger partial charge is 0.229 e. The Morgan fingerprint density at radius 2 is 1.77 bits per heavy atom. The van der Waals surface area contributed by atoms with Gasteiger partial charge in [0, 0.05) is 32.5 Å². The number of rotatable bonds is 5. The number of nitrogens with one attached hydrogen (secondary N) is 1. The zero-order valence-electron chi connectivity index (χ0n) is 15.0. The third-order valence-electron chi connectivity index (χ3n) is 5.77. The Morgan fingerprint density at radius 3 is 2.50 bits per heavy atom. The van der Waals surface area contributed by atoms with Crippen LogP contribution in [0.5, 0.6) is 11.5 Å². The highest BCUT2D eigenvalue weighted by Gasteiger charge is 2.44. The molecule has 1 saturated heterocycles. The number of nitrogens with zero attached hydrogens (tertiary/aromatic N) is 1. The minimum Gasteiger partial charge on any atom is -0.486 e. The summed E-state index contributed by atoms with van der Waals surface area (Å²) in [5, 5.41) is 3.28. The van der Waals surface area contributed by atoms with E-state index in [2.05, 4.69) is 5.32 Å². The lowest BCUT2D eigenvalue weighted by Crippen LogP contribution is -2.50. The number of hydrogen-bond donors (Lipinski definition) is 1. The highest BCUT2D eigenvalue weighted by atomic mass is 16.6. The quantitative estimate of drug-likeness (QED) is 0.645. The minimum atomic E-state index is -0.0700. The molecule has 1 atom stereocenters. The van der Waals surface area contributed by atoms with E-state index in [1.54, 1.807) is 0 Å². The summed E-state index contributed by atoms with van der Waals surface area (Å²) in [6.07, 6.45) is 5.35. The number of likely N-dealkylation sites (tertiary alicyclic amines) is 1. The molecule has 4 rings (SSSR count). The monoisotopic (exact) mass is 358 g/mol. The number of carbonyl (C=O) groups is 2. The molecule has 0 radical (unpaired) electrons. The molecule has 140 valence electrons. The fourth-order valence-electron chi connectivity index (χ4n) is 4.38. The summed E-state index contributed by atoms with van der Waals surface area (Å²) >= 11 is 0. The van der Waals surface area contributed by atoms with Crippen LogP contribution in [0.1, 0.15) is 38.5 Å². The van der Waals surface area contributed by atoms with Crippen molar-refractivity contribution in [3.05, 3.63) is 24.3 Å². The van der Waals surface area contributed by atoms with Gasteiger partial charge in [0.25, 0.3) is 0 Å². The fraction of sp³-hybridized carbons (Fsp3) is 0.600. The van der Waals surface area contributed by atoms with Crippen molar-refractivity contribution in [2.45, 2.75) is 44.6 Å². The summed E-state index contributed by atoms with van der Waals surface area (Å²) < 4.78 is 11.6. The molecule has 2 fully saturated rings. The van der Waals surface area contributed by atoms with E-state index in [9.17, 15) is 9.59 Å². The lowest BCUT2D eigenvalue weighted by atomic mass is 9.76. The molecule has 2 heterocycles. The van der Waals surface area contributed by atoms with Crippen molar-refractivity contribution < 1.29 is 19.1 Å². The van der Waals surface area contributed by atoms with Crippen LogP contribution >= 0.6 is 0 Å². The van der Waals surface area contributed by atoms with Gasteiger partial charge in [0.2, 0.25) is 11.8 Å². The molecule has 6 nitrogen and oxygen atoms in total. The maximum Gasteiger partial charge on any atom is 0.229 e. The van der Waals surface area contributed by atoms with E-state index < -0.39 is 0 Å². The van der Waals surface area contributed by atoms with Crippen LogP contribution in [-0.2, 0) is 9.59 Å². The van der Waals surface area contributed by atoms with Gasteiger partial charge >= 0.3 is 0 Å². The number of carbonyl (C=O) groups excluding carboxylic acids is 2. The van der Waals surface area contributed by atoms with Crippen LogP contribution in [0.4, 0.5) is 0 Å². The van der Waals surface area contributed by atoms with Crippen LogP contribution in [0.2, 0.25) is 0 Å². The molecule has 6 heteroatoms. The molecule has 1 aromatic rings. The number of para-hydroxylation sites is 2. The summed E-state index contributed by atoms with van der Waals surface area (Å²) in [7, 11) is 0. The number of ether oxygens (including phenoxy) is 2. The standard InChI is InChI=1S/C20H26N2O4/c23-18-11-20(7-3-4-8-20)12-19(24)22(18)10-9-21-13-15-14-25-16-5-1-2-6-17(16)26-15/h1-2,5-6,15,21H,3-4,7-14H2/t15-/m0/s1. The number of imide groups is 1. The van der Waals surface area contributed by atoms with Gasteiger partial charge in [0.1, 0.15) is 12.7 Å². The molecule has 1 N–H and O–H groups in total. The highest BCUT2D eigenvalue weighted by Crippen LogP contribution is 2.46. The maximum absolute atomic E-state index is 12.4. The third-order valence-corrected chi connectivity index (χ3v) is 5.77. The Balaban J connectivity index is 1.22. The number of benzene rings is 1. The van der Waals surface area contributed by atoms with Gasteiger partial charge < -0.3 is 14.8 Å². The summed E-state index contributed by atoms with van der Waals surface area (Å²) in [6.45, 7) is 2.12. The molecule has 26 heavy (non-hydrogen) atoms. The van der Waals surface area contributed by atoms with Crippen molar-refractivity contribution in [3.8, 4) is 11.5 Å². The van der Waals surface area contributed by atoms with E-state index in [1.165, 1.54) is 4.90 Å². The Hall–Kier alpha value is -2.08. The average Bonchev–Trinajstić information content (AvgIpc) is 3.07. The highest BCUT2D eigenvalue weighted by molar-refractivity contribution is 5.98. The first-order valence-electron chi connectivity index (χ1n) is 9.58. The first-order chi connectivity index (χ1) is 12.7. The van der Waals surface area contributed by atoms with Crippen LogP contribution in [0.25, 0.3) is 0 Å². The SMILES string of the molecule is O=C1CC2(CCCC2)CC(=O)N1CCNC[C@H]1COc2ccccc2O1. The van der Waals surface area contributed by atoms with Gasteiger partial charge in [-0.15, -0.1) is 0 Å². The molecular weight excluding hydrogens is 332 g/mol. The Morgan fingerprint density at radius 1 is 1.08 bits per heavy atom. The molecule has 3 aliphatic rings. The van der Waals surface area contributed by atoms with Crippen molar-refractivity contribution in [1.82, 2.24) is 10.2 Å². The van der Waals surface area contributed by atoms with E-state index >= 15 is 0 Å². The number of piperidine rings is 1. The second-order valence-corrected chi connectivity index (χ2v) is 7.70. The zero-order chi connectivity index (χ0) is 18.0. The van der Waals surface area contributed by atoms with Crippen molar-refractivity contribution in [3.63, 3.8) is 0 Å². The van der Waals surface area contributed by atoms with Crippen LogP contribution in [0, 0.1) is 5.41 Å². The molecular formula is C20H26N2O4. The maximum atomic E-state index is 12.4. The van der Waals surface area contributed by atoms with Crippen LogP contribution in [-0.4, -0.2) is 49.1 Å². The molecule has 2 aliphatic heterocycles. The predicted octanol–water partition coefficient (Wildman–Crippen LogP) is 2.13. The molecule has 1 spiro atoms. The van der Waals surface area contributed by atoms with Crippen molar-refractivity contribution >= 4 is 11.8 Å². The molecule has 0 aromatic heterocycles. The third kappa shape index (κ3) is 3.56. The van der Waals surface area contributed by atoms with Crippen molar-refractivity contribution in [2.75, 3.05) is 26.2 Å². The summed E-state index contributed by atoms with van der Waals surface area (Å²) in [5.41, 5.74) is -0.0290. The van der Waals surface area contributed by atoms with E-state index in [0.29, 0.717) is 39.1 Å². The fourth-order valence-corrected chi connectivity index (χ4v) is 4.38. The van der Waals surface area contributed by atoms with E-state index in [0.717, 1.165) is 37.2 Å². The zero-order valence-corrected chi connectivity index (χ0v) is 15.0. The Bertz CT molecular complexity index is 664. The lowest BCUT2D eigenvalue weighted by molar-refractivity contribution is -0.153. The van der Waals surface area contributed by atoms with Crippen LogP contribution < -0.4 is 14.8 Å². The van der Waals surface area contributed by atoms with Crippen LogP contribution in [0.15, 0.2) is 24.3 Å². The number of amides is 2. The van der Waals surface area contributed by atoms with Gasteiger partial charge in [-0.05, 0) is 30.4 Å². The summed E-state index contributed by atoms with van der Waals surface area (Å²) in [5.74, 6) is 1.52. The number of fused-ring (bicyclic) bond motifs is 1. The van der Waals surface area contributed by atoms with E-state index in [-0.39, 0.29) is 23.3 Å². The second kappa shape index (κ2) is 7.27. The first-order valence-corrected chi connectivity index (χ1v) is 9.58. The molecule has 1 saturated carbocycles. The Kier molecular flexibility index (Phi) is 4.85. The second-order valence-electron chi connectivity index (χ2n) is 7.70. The van der Waals surface area contributed by atoms with Gasteiger partial charge in [-0.2, -0.15) is 0 Å². The van der Waals surface area contributed by atoms with Gasteiger partial charge in [-0.25, -0.2) is 0 Å². The molecule has 1 aliphatic carbocycles. The average molecular weight is 358 g/mol. The predicted molar refractivity (Wildman–Crippen MR) is 96.1 cm³/mol. The van der Waals surface area contributed by atoms with E-state index in [1.807, 2.05) is 24.3 Å². The normalized spacial score (nSPS) is 24.3. The van der Waals surface area contributed by atoms with Gasteiger partial charge in [0.05, 0.1) is 0 Å². The lowest BCUT2D eigenvalue weighted by Gasteiger charge is -2.37. The molecule has 1 aromatic carbocycles. The molecule has 2 amide bonds. The van der Waals surface area contributed by atoms with Crippen molar-refractivity contribution in [2.24, 2.45) is 5.41 Å². The van der Waals surface area contributed by atoms with E-state index in [4.69, 9.17) is 9.47 Å². The van der Waals surface area contributed by atoms with Gasteiger partial charge in [-0.1, -0.05) is 25.0 Å². The number of hydrogen-bond acceptors (Lipinski definition) is 5. The largest absolute Gasteiger partial charge is 0.486 e. The molecule has 0 unspecified atom stereocenters. The topological polar surface area (TPSA) is 67.9 Å². The first kappa shape index (κ1) is 17.3.